The summed E-state index contributed by atoms with van der Waals surface area (Å²) in [6, 6.07) is 17.1. The van der Waals surface area contributed by atoms with Gasteiger partial charge in [0.2, 0.25) is 0 Å². The number of rotatable bonds is 8. The number of benzene rings is 2. The number of aryl methyl sites for hydroxylation is 1. The molecule has 4 heterocycles. The lowest BCUT2D eigenvalue weighted by molar-refractivity contribution is -0.831. The van der Waals surface area contributed by atoms with Crippen LogP contribution in [0, 0.1) is 6.92 Å². The maximum atomic E-state index is 13.8. The topological polar surface area (TPSA) is 83.8 Å². The molecule has 2 bridgehead atoms. The van der Waals surface area contributed by atoms with Crippen LogP contribution in [0.4, 0.5) is 35.0 Å². The standard InChI is InChI=1S/C31H31F3N6O2/c1-20-12-29(27-7-2-3-8-28(27)36-20)37-23-13-21(31(32,33)34)14-26(15-23)42-11-5-10-39-18-25-16-24(39)19-40(25)30(41)38-22-6-4-9-35-17-22/h2-4,6-9,12-15,17,24-25H,5,10-11,16,18-19H2,1H3,(H,36,37)(H,38,41)/p+1. The second-order valence-electron chi connectivity index (χ2n) is 10.9. The molecule has 2 aromatic heterocycles. The van der Waals surface area contributed by atoms with Crippen LogP contribution in [-0.2, 0) is 6.18 Å². The number of amides is 2. The van der Waals surface area contributed by atoms with Gasteiger partial charge in [-0.25, -0.2) is 9.69 Å². The molecule has 3 atom stereocenters. The third-order valence-corrected chi connectivity index (χ3v) is 7.90. The summed E-state index contributed by atoms with van der Waals surface area (Å²) in [6.07, 6.45) is 0.383. The normalized spacial score (nSPS) is 20.1. The van der Waals surface area contributed by atoms with Gasteiger partial charge < -0.3 is 10.1 Å². The van der Waals surface area contributed by atoms with E-state index in [4.69, 9.17) is 4.74 Å². The average molecular weight is 578 g/mol. The van der Waals surface area contributed by atoms with Gasteiger partial charge in [-0.3, -0.25) is 20.2 Å². The molecular weight excluding hydrogens is 545 g/mol. The molecule has 4 aromatic rings. The number of alkyl halides is 3. The van der Waals surface area contributed by atoms with Crippen LogP contribution in [0.3, 0.4) is 0 Å². The Hall–Kier alpha value is -4.22. The first-order valence-electron chi connectivity index (χ1n) is 14.0. The van der Waals surface area contributed by atoms with Gasteiger partial charge in [0.25, 0.3) is 0 Å². The molecule has 0 radical (unpaired) electrons. The Morgan fingerprint density at radius 3 is 2.74 bits per heavy atom. The van der Waals surface area contributed by atoms with Crippen molar-refractivity contribution in [3.8, 4) is 5.75 Å². The van der Waals surface area contributed by atoms with E-state index in [0.29, 0.717) is 29.5 Å². The number of nitrogens with zero attached hydrogens (tertiary/aromatic N) is 3. The van der Waals surface area contributed by atoms with Crippen LogP contribution in [-0.4, -0.2) is 59.2 Å². The van der Waals surface area contributed by atoms with E-state index in [1.165, 1.54) is 0 Å². The molecule has 2 aromatic carbocycles. The Kier molecular flexibility index (Phi) is 7.70. The van der Waals surface area contributed by atoms with E-state index in [9.17, 15) is 18.0 Å². The number of para-hydroxylation sites is 1. The summed E-state index contributed by atoms with van der Waals surface area (Å²) in [7, 11) is 0. The Morgan fingerprint density at radius 1 is 1.12 bits per heavy atom. The van der Waals surface area contributed by atoms with Gasteiger partial charge in [0, 0.05) is 47.7 Å². The Labute approximate surface area is 241 Å². The molecule has 0 aliphatic carbocycles. The fourth-order valence-corrected chi connectivity index (χ4v) is 6.01. The van der Waals surface area contributed by atoms with Crippen molar-refractivity contribution in [1.29, 1.82) is 0 Å². The van der Waals surface area contributed by atoms with Gasteiger partial charge in [-0.15, -0.1) is 0 Å². The van der Waals surface area contributed by atoms with Crippen molar-refractivity contribution >= 4 is 34.0 Å². The molecule has 2 saturated heterocycles. The molecule has 2 fully saturated rings. The van der Waals surface area contributed by atoms with E-state index in [-0.39, 0.29) is 24.4 Å². The SMILES string of the molecule is Cc1cc(Nc2cc(OCCCN3CC4CC3C[NH+]4C(=O)Nc3cccnc3)cc(C(F)(F)F)c2)c2ccccc2n1. The molecule has 2 aliphatic rings. The van der Waals surface area contributed by atoms with Crippen LogP contribution in [0.25, 0.3) is 10.9 Å². The average Bonchev–Trinajstić information content (AvgIpc) is 3.56. The van der Waals surface area contributed by atoms with Gasteiger partial charge in [0.15, 0.2) is 0 Å². The van der Waals surface area contributed by atoms with Gasteiger partial charge in [0.05, 0.1) is 42.2 Å². The Bertz CT molecular complexity index is 1580. The molecule has 0 spiro atoms. The number of anilines is 3. The highest BCUT2D eigenvalue weighted by Crippen LogP contribution is 2.36. The van der Waals surface area contributed by atoms with E-state index in [2.05, 4.69) is 25.5 Å². The number of ether oxygens (including phenoxy) is 1. The quantitative estimate of drug-likeness (QED) is 0.255. The van der Waals surface area contributed by atoms with Crippen LogP contribution in [0.2, 0.25) is 0 Å². The maximum Gasteiger partial charge on any atom is 0.419 e. The van der Waals surface area contributed by atoms with E-state index in [0.717, 1.165) is 59.7 Å². The largest absolute Gasteiger partial charge is 0.493 e. The summed E-state index contributed by atoms with van der Waals surface area (Å²) in [5, 5.41) is 6.91. The number of pyridine rings is 2. The van der Waals surface area contributed by atoms with Gasteiger partial charge in [0.1, 0.15) is 18.3 Å². The van der Waals surface area contributed by atoms with Gasteiger partial charge in [-0.2, -0.15) is 13.2 Å². The first-order valence-corrected chi connectivity index (χ1v) is 14.0. The first-order chi connectivity index (χ1) is 20.2. The predicted molar refractivity (Wildman–Crippen MR) is 154 cm³/mol. The van der Waals surface area contributed by atoms with Crippen molar-refractivity contribution < 1.29 is 27.6 Å². The van der Waals surface area contributed by atoms with Crippen molar-refractivity contribution in [1.82, 2.24) is 14.9 Å². The second kappa shape index (κ2) is 11.6. The molecule has 218 valence electrons. The zero-order chi connectivity index (χ0) is 29.3. The summed E-state index contributed by atoms with van der Waals surface area (Å²) in [6.45, 7) is 4.41. The molecule has 6 rings (SSSR count). The fourth-order valence-electron chi connectivity index (χ4n) is 6.01. The molecule has 11 heteroatoms. The number of urea groups is 1. The van der Waals surface area contributed by atoms with E-state index < -0.39 is 11.7 Å². The van der Waals surface area contributed by atoms with Gasteiger partial charge in [-0.05, 0) is 49.7 Å². The van der Waals surface area contributed by atoms with Crippen LogP contribution in [0.5, 0.6) is 5.75 Å². The highest BCUT2D eigenvalue weighted by atomic mass is 19.4. The molecule has 0 saturated carbocycles. The van der Waals surface area contributed by atoms with Crippen LogP contribution in [0.15, 0.2) is 73.1 Å². The van der Waals surface area contributed by atoms with Crippen molar-refractivity contribution in [2.24, 2.45) is 0 Å². The van der Waals surface area contributed by atoms with Crippen LogP contribution < -0.4 is 20.3 Å². The molecule has 2 amide bonds. The van der Waals surface area contributed by atoms with E-state index in [1.807, 2.05) is 43.3 Å². The first kappa shape index (κ1) is 27.9. The number of quaternary nitrogens is 1. The van der Waals surface area contributed by atoms with Crippen LogP contribution in [0.1, 0.15) is 24.1 Å². The number of fused-ring (bicyclic) bond motifs is 3. The van der Waals surface area contributed by atoms with Crippen molar-refractivity contribution in [2.75, 3.05) is 36.9 Å². The number of carbonyl (C=O) groups excluding carboxylic acids is 1. The Balaban J connectivity index is 1.06. The maximum absolute atomic E-state index is 13.8. The molecule has 2 aliphatic heterocycles. The summed E-state index contributed by atoms with van der Waals surface area (Å²) < 4.78 is 47.1. The van der Waals surface area contributed by atoms with Crippen molar-refractivity contribution in [3.63, 3.8) is 0 Å². The van der Waals surface area contributed by atoms with Crippen molar-refractivity contribution in [2.45, 2.75) is 38.0 Å². The summed E-state index contributed by atoms with van der Waals surface area (Å²) >= 11 is 0. The van der Waals surface area contributed by atoms with Gasteiger partial charge in [-0.1, -0.05) is 18.2 Å². The highest BCUT2D eigenvalue weighted by Gasteiger charge is 2.49. The zero-order valence-electron chi connectivity index (χ0n) is 23.1. The molecule has 8 nitrogen and oxygen atoms in total. The van der Waals surface area contributed by atoms with Gasteiger partial charge >= 0.3 is 12.2 Å². The number of nitrogens with one attached hydrogen (secondary N) is 3. The molecule has 3 N–H and O–H groups in total. The second-order valence-corrected chi connectivity index (χ2v) is 10.9. The molecule has 42 heavy (non-hydrogen) atoms. The van der Waals surface area contributed by atoms with E-state index >= 15 is 0 Å². The predicted octanol–water partition coefficient (Wildman–Crippen LogP) is 5.04. The minimum absolute atomic E-state index is 0.0395. The number of hydrogen-bond donors (Lipinski definition) is 3. The summed E-state index contributed by atoms with van der Waals surface area (Å²) in [5.41, 5.74) is 2.40. The van der Waals surface area contributed by atoms with E-state index in [1.54, 1.807) is 24.5 Å². The third kappa shape index (κ3) is 6.17. The third-order valence-electron chi connectivity index (χ3n) is 7.90. The molecular formula is C31H32F3N6O2+. The summed E-state index contributed by atoms with van der Waals surface area (Å²) in [4.78, 5) is 24.6. The lowest BCUT2D eigenvalue weighted by Gasteiger charge is -2.30. The number of carbonyl (C=O) groups is 1. The number of likely N-dealkylation sites (tertiary alicyclic amines) is 2. The lowest BCUT2D eigenvalue weighted by atomic mass is 10.1. The lowest BCUT2D eigenvalue weighted by Crippen LogP contribution is -3.19. The zero-order valence-corrected chi connectivity index (χ0v) is 23.1. The smallest absolute Gasteiger partial charge is 0.419 e. The highest BCUT2D eigenvalue weighted by molar-refractivity contribution is 5.93. The monoisotopic (exact) mass is 577 g/mol. The Morgan fingerprint density at radius 2 is 1.98 bits per heavy atom. The number of piperazine rings is 1. The fraction of sp³-hybridized carbons (Fsp3) is 0.323. The summed E-state index contributed by atoms with van der Waals surface area (Å²) in [5.74, 6) is 0.160. The van der Waals surface area contributed by atoms with Crippen LogP contribution >= 0.6 is 0 Å². The number of aromatic nitrogens is 2. The minimum Gasteiger partial charge on any atom is -0.493 e. The number of halogens is 3. The minimum atomic E-state index is -4.52. The number of hydrogen-bond acceptors (Lipinski definition) is 6. The van der Waals surface area contributed by atoms with Crippen molar-refractivity contribution in [3.05, 3.63) is 84.3 Å². The molecule has 3 unspecified atom stereocenters.